The van der Waals surface area contributed by atoms with Crippen molar-refractivity contribution in [3.05, 3.63) is 82.4 Å². The van der Waals surface area contributed by atoms with Gasteiger partial charge >= 0.3 is 0 Å². The number of fused-ring (bicyclic) bond motifs is 1. The highest BCUT2D eigenvalue weighted by Crippen LogP contribution is 2.33. The van der Waals surface area contributed by atoms with Gasteiger partial charge in [-0.2, -0.15) is 0 Å². The van der Waals surface area contributed by atoms with Crippen LogP contribution in [0.1, 0.15) is 67.9 Å². The van der Waals surface area contributed by atoms with Crippen LogP contribution in [0.2, 0.25) is 0 Å². The Morgan fingerprint density at radius 2 is 1.48 bits per heavy atom. The van der Waals surface area contributed by atoms with E-state index in [9.17, 15) is 24.0 Å². The zero-order valence-corrected chi connectivity index (χ0v) is 21.9. The van der Waals surface area contributed by atoms with E-state index in [0.29, 0.717) is 49.0 Å². The second-order valence-electron chi connectivity index (χ2n) is 11.1. The minimum absolute atomic E-state index is 0.153. The number of piperidine rings is 2. The van der Waals surface area contributed by atoms with E-state index in [0.717, 1.165) is 35.0 Å². The molecule has 0 aromatic heterocycles. The minimum Gasteiger partial charge on any atom is -0.322 e. The number of benzene rings is 3. The number of carbonyl (C=O) groups excluding carboxylic acids is 5. The van der Waals surface area contributed by atoms with Crippen LogP contribution in [0, 0.1) is 0 Å². The molecule has 0 bridgehead atoms. The summed E-state index contributed by atoms with van der Waals surface area (Å²) in [5.41, 5.74) is 3.74. The van der Waals surface area contributed by atoms with Gasteiger partial charge in [-0.25, -0.2) is 0 Å². The zero-order valence-electron chi connectivity index (χ0n) is 21.9. The maximum absolute atomic E-state index is 13.4. The van der Waals surface area contributed by atoms with E-state index in [1.54, 1.807) is 4.90 Å². The number of amides is 5. The maximum Gasteiger partial charge on any atom is 0.261 e. The second kappa shape index (κ2) is 9.38. The van der Waals surface area contributed by atoms with Crippen molar-refractivity contribution in [1.29, 1.82) is 0 Å². The van der Waals surface area contributed by atoms with Crippen LogP contribution >= 0.6 is 0 Å². The molecule has 1 atom stereocenters. The van der Waals surface area contributed by atoms with Gasteiger partial charge < -0.3 is 4.90 Å². The third-order valence-electron chi connectivity index (χ3n) is 8.72. The van der Waals surface area contributed by atoms with Crippen LogP contribution in [0.4, 0.5) is 0 Å². The number of hydrogen-bond acceptors (Lipinski definition) is 6. The Hall–Kier alpha value is -4.37. The van der Waals surface area contributed by atoms with Gasteiger partial charge in [0.25, 0.3) is 17.7 Å². The summed E-state index contributed by atoms with van der Waals surface area (Å²) >= 11 is 0. The van der Waals surface area contributed by atoms with E-state index in [2.05, 4.69) is 10.2 Å². The third-order valence-corrected chi connectivity index (χ3v) is 8.72. The molecular weight excluding hydrogens is 508 g/mol. The first-order valence-corrected chi connectivity index (χ1v) is 13.8. The first-order chi connectivity index (χ1) is 19.4. The van der Waals surface area contributed by atoms with Crippen molar-refractivity contribution in [1.82, 2.24) is 20.0 Å². The van der Waals surface area contributed by atoms with Gasteiger partial charge in [0, 0.05) is 60.7 Å². The van der Waals surface area contributed by atoms with E-state index >= 15 is 0 Å². The van der Waals surface area contributed by atoms with Crippen molar-refractivity contribution < 1.29 is 24.0 Å². The Labute approximate surface area is 230 Å². The molecule has 1 N–H and O–H groups in total. The van der Waals surface area contributed by atoms with Gasteiger partial charge in [0.15, 0.2) is 0 Å². The summed E-state index contributed by atoms with van der Waals surface area (Å²) in [6.45, 7) is 2.53. The fourth-order valence-electron chi connectivity index (χ4n) is 6.70. The predicted octanol–water partition coefficient (Wildman–Crippen LogP) is 2.86. The van der Waals surface area contributed by atoms with Crippen molar-refractivity contribution in [2.45, 2.75) is 50.9 Å². The average molecular weight is 537 g/mol. The van der Waals surface area contributed by atoms with Gasteiger partial charge in [0.1, 0.15) is 6.04 Å². The largest absolute Gasteiger partial charge is 0.322 e. The van der Waals surface area contributed by atoms with Crippen LogP contribution in [0.5, 0.6) is 0 Å². The third kappa shape index (κ3) is 3.92. The molecule has 0 spiro atoms. The lowest BCUT2D eigenvalue weighted by Crippen LogP contribution is -2.52. The molecule has 202 valence electrons. The van der Waals surface area contributed by atoms with Gasteiger partial charge in [-0.05, 0) is 54.0 Å². The van der Waals surface area contributed by atoms with E-state index in [1.165, 1.54) is 4.90 Å². The van der Waals surface area contributed by atoms with Gasteiger partial charge in [0.05, 0.1) is 0 Å². The maximum atomic E-state index is 13.4. The standard InChI is InChI=1S/C31H28N4O5/c36-26-10-9-25(28(37)32-26)34-17-20-15-18(7-8-22(20)29(34)38)16-33-13-11-21(12-14-33)35-30(39)23-5-1-3-19-4-2-6-24(27(19)23)31(35)40/h1-8,15,21,25H,9-14,16-17H2,(H,32,36,37). The van der Waals surface area contributed by atoms with Crippen LogP contribution in [0.15, 0.2) is 54.6 Å². The fourth-order valence-corrected chi connectivity index (χ4v) is 6.70. The Bertz CT molecular complexity index is 1570. The molecule has 4 aliphatic heterocycles. The van der Waals surface area contributed by atoms with E-state index in [4.69, 9.17) is 0 Å². The molecule has 0 radical (unpaired) electrons. The lowest BCUT2D eigenvalue weighted by atomic mass is 9.91. The molecule has 1 unspecified atom stereocenters. The molecule has 9 heteroatoms. The molecule has 3 aromatic rings. The highest BCUT2D eigenvalue weighted by molar-refractivity contribution is 6.25. The molecule has 9 nitrogen and oxygen atoms in total. The average Bonchev–Trinajstić information content (AvgIpc) is 3.27. The van der Waals surface area contributed by atoms with Crippen LogP contribution in [0.25, 0.3) is 10.8 Å². The first kappa shape index (κ1) is 24.7. The van der Waals surface area contributed by atoms with Crippen molar-refractivity contribution in [2.24, 2.45) is 0 Å². The zero-order chi connectivity index (χ0) is 27.5. The smallest absolute Gasteiger partial charge is 0.261 e. The number of carbonyl (C=O) groups is 5. The van der Waals surface area contributed by atoms with E-state index in [1.807, 2.05) is 54.6 Å². The summed E-state index contributed by atoms with van der Waals surface area (Å²) in [4.78, 5) is 69.0. The predicted molar refractivity (Wildman–Crippen MR) is 145 cm³/mol. The second-order valence-corrected chi connectivity index (χ2v) is 11.1. The van der Waals surface area contributed by atoms with Crippen molar-refractivity contribution in [3.63, 3.8) is 0 Å². The van der Waals surface area contributed by atoms with Crippen molar-refractivity contribution >= 4 is 40.3 Å². The molecule has 0 aliphatic carbocycles. The van der Waals surface area contributed by atoms with Crippen molar-refractivity contribution in [2.75, 3.05) is 13.1 Å². The summed E-state index contributed by atoms with van der Waals surface area (Å²) in [5.74, 6) is -1.31. The summed E-state index contributed by atoms with van der Waals surface area (Å²) < 4.78 is 0. The highest BCUT2D eigenvalue weighted by atomic mass is 16.2. The SMILES string of the molecule is O=C1CCC(N2Cc3cc(CN4CCC(N5C(=O)c6cccc7cccc(c67)C5=O)CC4)ccc3C2=O)C(=O)N1. The van der Waals surface area contributed by atoms with Crippen LogP contribution < -0.4 is 5.32 Å². The molecular formula is C31H28N4O5. The van der Waals surface area contributed by atoms with E-state index < -0.39 is 11.9 Å². The van der Waals surface area contributed by atoms with Gasteiger partial charge in [-0.3, -0.25) is 39.1 Å². The Balaban J connectivity index is 1.02. The summed E-state index contributed by atoms with van der Waals surface area (Å²) in [7, 11) is 0. The minimum atomic E-state index is -0.626. The van der Waals surface area contributed by atoms with Crippen LogP contribution in [-0.4, -0.2) is 69.4 Å². The number of nitrogens with one attached hydrogen (secondary N) is 1. The number of likely N-dealkylation sites (tertiary alicyclic amines) is 1. The number of rotatable bonds is 4. The molecule has 4 heterocycles. The van der Waals surface area contributed by atoms with E-state index in [-0.39, 0.29) is 36.1 Å². The summed E-state index contributed by atoms with van der Waals surface area (Å²) in [6, 6.07) is 16.2. The lowest BCUT2D eigenvalue weighted by Gasteiger charge is -2.39. The Morgan fingerprint density at radius 1 is 0.775 bits per heavy atom. The monoisotopic (exact) mass is 536 g/mol. The summed E-state index contributed by atoms with van der Waals surface area (Å²) in [6.07, 6.45) is 1.97. The number of nitrogens with zero attached hydrogens (tertiary/aromatic N) is 3. The Morgan fingerprint density at radius 3 is 2.15 bits per heavy atom. The van der Waals surface area contributed by atoms with Gasteiger partial charge in [-0.1, -0.05) is 36.4 Å². The molecule has 5 amide bonds. The topological polar surface area (TPSA) is 107 Å². The number of imide groups is 2. The molecule has 4 aliphatic rings. The molecule has 3 aromatic carbocycles. The molecule has 7 rings (SSSR count). The quantitative estimate of drug-likeness (QED) is 0.514. The number of hydrogen-bond donors (Lipinski definition) is 1. The first-order valence-electron chi connectivity index (χ1n) is 13.8. The van der Waals surface area contributed by atoms with Gasteiger partial charge in [0.2, 0.25) is 11.8 Å². The summed E-state index contributed by atoms with van der Waals surface area (Å²) in [5, 5.41) is 3.99. The highest BCUT2D eigenvalue weighted by Gasteiger charge is 2.40. The molecule has 0 saturated carbocycles. The van der Waals surface area contributed by atoms with Crippen LogP contribution in [-0.2, 0) is 22.7 Å². The van der Waals surface area contributed by atoms with Crippen LogP contribution in [0.3, 0.4) is 0 Å². The molecule has 2 saturated heterocycles. The van der Waals surface area contributed by atoms with Crippen molar-refractivity contribution in [3.8, 4) is 0 Å². The Kier molecular flexibility index (Phi) is 5.78. The lowest BCUT2D eigenvalue weighted by molar-refractivity contribution is -0.136. The van der Waals surface area contributed by atoms with Gasteiger partial charge in [-0.15, -0.1) is 0 Å². The fraction of sp³-hybridized carbons (Fsp3) is 0.323. The molecule has 2 fully saturated rings. The normalized spacial score (nSPS) is 21.8. The molecule has 40 heavy (non-hydrogen) atoms.